The van der Waals surface area contributed by atoms with Crippen molar-refractivity contribution >= 4 is 23.5 Å². The molecule has 2 aliphatic carbocycles. The van der Waals surface area contributed by atoms with Crippen LogP contribution >= 0.6 is 0 Å². The van der Waals surface area contributed by atoms with Crippen molar-refractivity contribution in [2.45, 2.75) is 58.0 Å². The molecule has 2 saturated heterocycles. The van der Waals surface area contributed by atoms with Gasteiger partial charge < -0.3 is 18.9 Å². The minimum absolute atomic E-state index is 0.279. The first-order chi connectivity index (χ1) is 12.6. The number of hydrogen-bond acceptors (Lipinski definition) is 8. The number of allylic oxidation sites excluding steroid dienone is 1. The fourth-order valence-corrected chi connectivity index (χ4v) is 5.29. The largest absolute Gasteiger partial charge is 0.465 e. The van der Waals surface area contributed by atoms with Crippen molar-refractivity contribution in [3.63, 3.8) is 0 Å². The van der Waals surface area contributed by atoms with Crippen LogP contribution in [0.2, 0.25) is 0 Å². The van der Waals surface area contributed by atoms with Crippen molar-refractivity contribution in [3.8, 4) is 0 Å². The first-order valence-corrected chi connectivity index (χ1v) is 8.96. The Morgan fingerprint density at radius 3 is 2.48 bits per heavy atom. The molecule has 2 aliphatic heterocycles. The lowest BCUT2D eigenvalue weighted by molar-refractivity contribution is -0.217. The third kappa shape index (κ3) is 2.11. The summed E-state index contributed by atoms with van der Waals surface area (Å²) in [6, 6.07) is 0. The topological polar surface area (TPSA) is 108 Å². The van der Waals surface area contributed by atoms with Crippen LogP contribution in [-0.2, 0) is 38.1 Å². The predicted molar refractivity (Wildman–Crippen MR) is 88.5 cm³/mol. The van der Waals surface area contributed by atoms with Crippen molar-refractivity contribution < 1.29 is 38.1 Å². The molecule has 0 aromatic carbocycles. The number of ether oxygens (including phenoxy) is 4. The molecule has 0 radical (unpaired) electrons. The van der Waals surface area contributed by atoms with Gasteiger partial charge >= 0.3 is 11.9 Å². The summed E-state index contributed by atoms with van der Waals surface area (Å²) in [6.07, 6.45) is -0.0316. The number of rotatable bonds is 3. The quantitative estimate of drug-likeness (QED) is 0.397. The van der Waals surface area contributed by atoms with Crippen molar-refractivity contribution in [2.24, 2.45) is 10.8 Å². The summed E-state index contributed by atoms with van der Waals surface area (Å²) < 4.78 is 22.7. The van der Waals surface area contributed by atoms with E-state index in [4.69, 9.17) is 18.9 Å². The smallest absolute Gasteiger partial charge is 0.302 e. The monoisotopic (exact) mass is 378 g/mol. The molecule has 3 fully saturated rings. The zero-order valence-corrected chi connectivity index (χ0v) is 15.7. The number of carbonyl (C=O) groups is 4. The number of epoxide rings is 1. The van der Waals surface area contributed by atoms with Crippen LogP contribution < -0.4 is 0 Å². The first kappa shape index (κ1) is 18.3. The molecule has 0 N–H and O–H groups in total. The fourth-order valence-electron chi connectivity index (χ4n) is 5.29. The van der Waals surface area contributed by atoms with Crippen LogP contribution in [0.15, 0.2) is 11.6 Å². The van der Waals surface area contributed by atoms with Gasteiger partial charge in [-0.2, -0.15) is 0 Å². The van der Waals surface area contributed by atoms with E-state index in [1.807, 2.05) is 6.92 Å². The van der Waals surface area contributed by atoms with Gasteiger partial charge in [-0.25, -0.2) is 0 Å². The maximum absolute atomic E-state index is 13.3. The average Bonchev–Trinajstić information content (AvgIpc) is 3.34. The van der Waals surface area contributed by atoms with Crippen molar-refractivity contribution in [1.29, 1.82) is 0 Å². The molecule has 146 valence electrons. The Bertz CT molecular complexity index is 794. The van der Waals surface area contributed by atoms with Gasteiger partial charge in [0.15, 0.2) is 0 Å². The molecule has 27 heavy (non-hydrogen) atoms. The van der Waals surface area contributed by atoms with E-state index in [9.17, 15) is 19.2 Å². The number of Topliss-reactive ketones (excluding diaryl/α,β-unsaturated/α-hetero) is 2. The normalized spacial score (nSPS) is 44.6. The van der Waals surface area contributed by atoms with E-state index in [-0.39, 0.29) is 13.0 Å². The summed E-state index contributed by atoms with van der Waals surface area (Å²) in [4.78, 5) is 49.0. The van der Waals surface area contributed by atoms with Crippen LogP contribution in [-0.4, -0.2) is 60.6 Å². The van der Waals surface area contributed by atoms with Gasteiger partial charge in [0.2, 0.25) is 11.6 Å². The predicted octanol–water partition coefficient (Wildman–Crippen LogP) is 0.512. The third-order valence-electron chi connectivity index (χ3n) is 6.75. The van der Waals surface area contributed by atoms with Crippen molar-refractivity contribution in [3.05, 3.63) is 11.6 Å². The highest BCUT2D eigenvalue weighted by molar-refractivity contribution is 6.46. The number of hydrogen-bond donors (Lipinski definition) is 0. The van der Waals surface area contributed by atoms with Gasteiger partial charge in [-0.1, -0.05) is 6.92 Å². The van der Waals surface area contributed by atoms with Gasteiger partial charge in [-0.15, -0.1) is 0 Å². The van der Waals surface area contributed by atoms with Crippen LogP contribution in [0.25, 0.3) is 0 Å². The molecule has 4 rings (SSSR count). The summed E-state index contributed by atoms with van der Waals surface area (Å²) in [6.45, 7) is 6.00. The molecule has 0 amide bonds. The number of ketones is 2. The summed E-state index contributed by atoms with van der Waals surface area (Å²) in [5.74, 6) is -2.27. The molecule has 8 heteroatoms. The summed E-state index contributed by atoms with van der Waals surface area (Å²) in [5.41, 5.74) is -2.87. The van der Waals surface area contributed by atoms with Crippen LogP contribution in [0.1, 0.15) is 34.1 Å². The Hall–Kier alpha value is -2.06. The fraction of sp³-hybridized carbons (Fsp3) is 0.684. The van der Waals surface area contributed by atoms with Crippen LogP contribution in [0.3, 0.4) is 0 Å². The van der Waals surface area contributed by atoms with E-state index in [1.165, 1.54) is 13.8 Å². The maximum Gasteiger partial charge on any atom is 0.302 e. The minimum atomic E-state index is -1.42. The molecule has 0 aromatic rings. The Labute approximate surface area is 156 Å². The second-order valence-electron chi connectivity index (χ2n) is 8.10. The van der Waals surface area contributed by atoms with E-state index < -0.39 is 58.2 Å². The van der Waals surface area contributed by atoms with Gasteiger partial charge in [0.1, 0.15) is 29.8 Å². The second-order valence-corrected chi connectivity index (χ2v) is 8.10. The molecule has 1 saturated carbocycles. The zero-order valence-electron chi connectivity index (χ0n) is 15.7. The van der Waals surface area contributed by atoms with Gasteiger partial charge in [-0.3, -0.25) is 19.2 Å². The van der Waals surface area contributed by atoms with E-state index in [1.54, 1.807) is 13.0 Å². The zero-order chi connectivity index (χ0) is 19.8. The molecule has 1 spiro atoms. The second kappa shape index (κ2) is 5.48. The van der Waals surface area contributed by atoms with Crippen LogP contribution in [0.4, 0.5) is 0 Å². The highest BCUT2D eigenvalue weighted by atomic mass is 16.7. The minimum Gasteiger partial charge on any atom is -0.465 e. The Kier molecular flexibility index (Phi) is 3.72. The van der Waals surface area contributed by atoms with Gasteiger partial charge in [-0.05, 0) is 25.0 Å². The van der Waals surface area contributed by atoms with E-state index in [2.05, 4.69) is 0 Å². The lowest BCUT2D eigenvalue weighted by atomic mass is 9.51. The third-order valence-corrected chi connectivity index (χ3v) is 6.75. The molecule has 2 bridgehead atoms. The van der Waals surface area contributed by atoms with Gasteiger partial charge in [0, 0.05) is 19.3 Å². The number of carbonyl (C=O) groups excluding carboxylic acids is 4. The van der Waals surface area contributed by atoms with E-state index in [0.29, 0.717) is 12.2 Å². The molecule has 2 heterocycles. The molecular weight excluding hydrogens is 356 g/mol. The summed E-state index contributed by atoms with van der Waals surface area (Å²) in [7, 11) is 0. The molecule has 6 atom stereocenters. The van der Waals surface area contributed by atoms with E-state index in [0.717, 1.165) is 0 Å². The average molecular weight is 378 g/mol. The lowest BCUT2D eigenvalue weighted by Gasteiger charge is -2.55. The maximum atomic E-state index is 13.3. The van der Waals surface area contributed by atoms with Crippen LogP contribution in [0, 0.1) is 10.8 Å². The standard InChI is InChI=1S/C19H22O8/c1-9-5-13-18(7-24-10(2)20,15(23)14(9)22)17(4)6-12(26-11(3)21)16(27-13)19(17)8-25-19/h5,12-13,16H,6-8H2,1-4H3/t12-,13-,16-,17-,18-,19?/m1/s1. The first-order valence-electron chi connectivity index (χ1n) is 8.96. The molecule has 8 nitrogen and oxygen atoms in total. The summed E-state index contributed by atoms with van der Waals surface area (Å²) in [5, 5.41) is 0. The molecule has 4 aliphatic rings. The Morgan fingerprint density at radius 2 is 1.93 bits per heavy atom. The molecular formula is C19H22O8. The SMILES string of the molecule is CC(=O)OC[C@]12C(=O)C(=O)C(C)=C[C@H]1O[C@@H]1[C@H](OC(C)=O)C[C@@]2(C)C12CO2. The van der Waals surface area contributed by atoms with Crippen LogP contribution in [0.5, 0.6) is 0 Å². The lowest BCUT2D eigenvalue weighted by Crippen LogP contribution is -2.69. The number of fused-ring (bicyclic) bond motifs is 2. The summed E-state index contributed by atoms with van der Waals surface area (Å²) >= 11 is 0. The number of esters is 2. The molecule has 0 aromatic heterocycles. The highest BCUT2D eigenvalue weighted by Gasteiger charge is 2.84. The Morgan fingerprint density at radius 1 is 1.26 bits per heavy atom. The Balaban J connectivity index is 1.87. The van der Waals surface area contributed by atoms with E-state index >= 15 is 0 Å². The van der Waals surface area contributed by atoms with Gasteiger partial charge in [0.25, 0.3) is 0 Å². The van der Waals surface area contributed by atoms with Gasteiger partial charge in [0.05, 0.1) is 12.7 Å². The van der Waals surface area contributed by atoms with Crippen molar-refractivity contribution in [1.82, 2.24) is 0 Å². The van der Waals surface area contributed by atoms with Crippen molar-refractivity contribution in [2.75, 3.05) is 13.2 Å². The molecule has 1 unspecified atom stereocenters. The highest BCUT2D eigenvalue weighted by Crippen LogP contribution is 2.70.